The highest BCUT2D eigenvalue weighted by atomic mass is 19.4. The molecule has 1 saturated carbocycles. The van der Waals surface area contributed by atoms with Gasteiger partial charge in [-0.1, -0.05) is 50.3 Å². The number of nitriles is 1. The van der Waals surface area contributed by atoms with Gasteiger partial charge in [0.05, 0.1) is 12.0 Å². The summed E-state index contributed by atoms with van der Waals surface area (Å²) in [5, 5.41) is 20.2. The molecule has 0 unspecified atom stereocenters. The Bertz CT molecular complexity index is 1140. The van der Waals surface area contributed by atoms with E-state index in [1.807, 2.05) is 6.07 Å². The molecule has 0 radical (unpaired) electrons. The molecule has 0 aliphatic heterocycles. The van der Waals surface area contributed by atoms with Gasteiger partial charge in [0.25, 0.3) is 0 Å². The number of alkyl halides is 3. The number of hydrogen-bond donors (Lipinski definition) is 1. The number of aliphatic carboxylic acids is 1. The first-order chi connectivity index (χ1) is 15.9. The summed E-state index contributed by atoms with van der Waals surface area (Å²) in [6.45, 7) is 1.51. The average molecular weight is 473 g/mol. The van der Waals surface area contributed by atoms with E-state index in [-0.39, 0.29) is 0 Å². The van der Waals surface area contributed by atoms with E-state index in [0.29, 0.717) is 17.1 Å². The van der Waals surface area contributed by atoms with E-state index < -0.39 is 47.4 Å². The molecule has 0 amide bonds. The third-order valence-electron chi connectivity index (χ3n) is 6.16. The SMILES string of the molecule is CC1(C)[C@H](/C=C\C(=O)OCC(F)(F)F)[C@@]1(C(=O)O)[C@@H](C#N)c1cccc(Oc2ccccc2)c1. The Morgan fingerprint density at radius 2 is 1.79 bits per heavy atom. The van der Waals surface area contributed by atoms with Crippen molar-refractivity contribution in [2.75, 3.05) is 6.61 Å². The van der Waals surface area contributed by atoms with Crippen molar-refractivity contribution in [1.82, 2.24) is 0 Å². The number of rotatable bonds is 8. The topological polar surface area (TPSA) is 96.6 Å². The lowest BCUT2D eigenvalue weighted by Gasteiger charge is -2.22. The molecule has 1 N–H and O–H groups in total. The van der Waals surface area contributed by atoms with E-state index in [4.69, 9.17) is 4.74 Å². The minimum absolute atomic E-state index is 0.405. The fourth-order valence-electron chi connectivity index (χ4n) is 4.51. The maximum Gasteiger partial charge on any atom is 0.422 e. The van der Waals surface area contributed by atoms with Gasteiger partial charge in [-0.3, -0.25) is 4.79 Å². The minimum Gasteiger partial charge on any atom is -0.481 e. The van der Waals surface area contributed by atoms with Gasteiger partial charge in [0, 0.05) is 12.0 Å². The van der Waals surface area contributed by atoms with E-state index in [1.54, 1.807) is 62.4 Å². The molecule has 0 heterocycles. The molecule has 3 rings (SSSR count). The molecule has 0 bridgehead atoms. The highest BCUT2D eigenvalue weighted by Gasteiger charge is 2.78. The lowest BCUT2D eigenvalue weighted by molar-refractivity contribution is -0.182. The van der Waals surface area contributed by atoms with Crippen molar-refractivity contribution in [1.29, 1.82) is 5.26 Å². The van der Waals surface area contributed by atoms with Crippen molar-refractivity contribution < 1.29 is 37.3 Å². The van der Waals surface area contributed by atoms with Crippen molar-refractivity contribution in [3.05, 3.63) is 72.3 Å². The number of carbonyl (C=O) groups excluding carboxylic acids is 1. The van der Waals surface area contributed by atoms with Crippen LogP contribution in [0.3, 0.4) is 0 Å². The smallest absolute Gasteiger partial charge is 0.422 e. The number of esters is 1. The number of carboxylic acid groups (broad SMARTS) is 1. The van der Waals surface area contributed by atoms with Crippen LogP contribution in [0.25, 0.3) is 0 Å². The van der Waals surface area contributed by atoms with Crippen LogP contribution in [-0.4, -0.2) is 29.8 Å². The van der Waals surface area contributed by atoms with Crippen molar-refractivity contribution in [2.45, 2.75) is 25.9 Å². The largest absolute Gasteiger partial charge is 0.481 e. The normalized spacial score (nSPS) is 21.9. The molecule has 9 heteroatoms. The Labute approximate surface area is 194 Å². The zero-order valence-corrected chi connectivity index (χ0v) is 18.4. The number of benzene rings is 2. The van der Waals surface area contributed by atoms with Gasteiger partial charge in [0.15, 0.2) is 6.61 Å². The Balaban J connectivity index is 1.89. The van der Waals surface area contributed by atoms with Crippen LogP contribution in [-0.2, 0) is 14.3 Å². The Morgan fingerprint density at radius 3 is 2.38 bits per heavy atom. The fourth-order valence-corrected chi connectivity index (χ4v) is 4.51. The van der Waals surface area contributed by atoms with E-state index in [1.165, 1.54) is 6.08 Å². The summed E-state index contributed by atoms with van der Waals surface area (Å²) in [5.41, 5.74) is -2.19. The molecule has 178 valence electrons. The van der Waals surface area contributed by atoms with Crippen molar-refractivity contribution >= 4 is 11.9 Å². The van der Waals surface area contributed by atoms with Crippen LogP contribution in [0.1, 0.15) is 25.3 Å². The van der Waals surface area contributed by atoms with Gasteiger partial charge in [-0.25, -0.2) is 4.79 Å². The van der Waals surface area contributed by atoms with Crippen LogP contribution in [0.15, 0.2) is 66.7 Å². The monoisotopic (exact) mass is 473 g/mol. The number of ether oxygens (including phenoxy) is 2. The first-order valence-corrected chi connectivity index (χ1v) is 10.3. The Morgan fingerprint density at radius 1 is 1.15 bits per heavy atom. The number of carboxylic acids is 1. The molecule has 1 aliphatic rings. The third kappa shape index (κ3) is 4.76. The summed E-state index contributed by atoms with van der Waals surface area (Å²) in [6.07, 6.45) is -2.68. The maximum absolute atomic E-state index is 12.5. The van der Waals surface area contributed by atoms with Crippen LogP contribution in [0.2, 0.25) is 0 Å². The molecular weight excluding hydrogens is 451 g/mol. The van der Waals surface area contributed by atoms with Gasteiger partial charge in [-0.15, -0.1) is 0 Å². The summed E-state index contributed by atoms with van der Waals surface area (Å²) in [6, 6.07) is 17.5. The lowest BCUT2D eigenvalue weighted by atomic mass is 9.78. The summed E-state index contributed by atoms with van der Waals surface area (Å²) in [7, 11) is 0. The number of carbonyl (C=O) groups is 2. The summed E-state index contributed by atoms with van der Waals surface area (Å²) in [5.74, 6) is -3.46. The van der Waals surface area contributed by atoms with Gasteiger partial charge < -0.3 is 14.6 Å². The highest BCUT2D eigenvalue weighted by Crippen LogP contribution is 2.75. The van der Waals surface area contributed by atoms with Crippen LogP contribution >= 0.6 is 0 Å². The second-order valence-corrected chi connectivity index (χ2v) is 8.51. The molecule has 34 heavy (non-hydrogen) atoms. The number of allylic oxidation sites excluding steroid dienone is 1. The fraction of sp³-hybridized carbons (Fsp3) is 0.320. The van der Waals surface area contributed by atoms with E-state index >= 15 is 0 Å². The first-order valence-electron chi connectivity index (χ1n) is 10.3. The van der Waals surface area contributed by atoms with Crippen molar-refractivity contribution in [2.24, 2.45) is 16.7 Å². The summed E-state index contributed by atoms with van der Waals surface area (Å²) < 4.78 is 46.7. The van der Waals surface area contributed by atoms with E-state index in [0.717, 1.165) is 6.08 Å². The molecule has 0 spiro atoms. The quantitative estimate of drug-likeness (QED) is 0.403. The maximum atomic E-state index is 12.5. The Hall–Kier alpha value is -3.80. The van der Waals surface area contributed by atoms with E-state index in [9.17, 15) is 33.1 Å². The molecule has 2 aromatic rings. The predicted octanol–water partition coefficient (Wildman–Crippen LogP) is 5.47. The number of hydrogen-bond acceptors (Lipinski definition) is 5. The Kier molecular flexibility index (Phi) is 6.73. The van der Waals surface area contributed by atoms with Gasteiger partial charge >= 0.3 is 18.1 Å². The van der Waals surface area contributed by atoms with Crippen LogP contribution in [0, 0.1) is 28.1 Å². The highest BCUT2D eigenvalue weighted by molar-refractivity contribution is 5.86. The molecule has 3 atom stereocenters. The van der Waals surface area contributed by atoms with Gasteiger partial charge in [0.2, 0.25) is 0 Å². The third-order valence-corrected chi connectivity index (χ3v) is 6.16. The lowest BCUT2D eigenvalue weighted by Crippen LogP contribution is -2.28. The van der Waals surface area contributed by atoms with Gasteiger partial charge in [-0.2, -0.15) is 18.4 Å². The second kappa shape index (κ2) is 9.21. The molecular formula is C25H22F3NO5. The van der Waals surface area contributed by atoms with Crippen LogP contribution in [0.5, 0.6) is 11.5 Å². The minimum atomic E-state index is -4.67. The van der Waals surface area contributed by atoms with Crippen molar-refractivity contribution in [3.63, 3.8) is 0 Å². The van der Waals surface area contributed by atoms with Gasteiger partial charge in [-0.05, 0) is 35.2 Å². The molecule has 6 nitrogen and oxygen atoms in total. The van der Waals surface area contributed by atoms with E-state index in [2.05, 4.69) is 10.8 Å². The zero-order chi connectivity index (χ0) is 25.1. The second-order valence-electron chi connectivity index (χ2n) is 8.51. The first kappa shape index (κ1) is 24.8. The molecule has 2 aromatic carbocycles. The summed E-state index contributed by atoms with van der Waals surface area (Å²) in [4.78, 5) is 24.2. The zero-order valence-electron chi connectivity index (χ0n) is 18.4. The molecule has 0 saturated heterocycles. The molecule has 1 fully saturated rings. The molecule has 0 aromatic heterocycles. The van der Waals surface area contributed by atoms with Crippen LogP contribution in [0.4, 0.5) is 13.2 Å². The predicted molar refractivity (Wildman–Crippen MR) is 115 cm³/mol. The molecule has 1 aliphatic carbocycles. The van der Waals surface area contributed by atoms with Gasteiger partial charge in [0.1, 0.15) is 16.9 Å². The van der Waals surface area contributed by atoms with Crippen LogP contribution < -0.4 is 4.74 Å². The standard InChI is InChI=1S/C25H22F3NO5/c1-23(2)20(11-12-21(30)33-15-24(26,27)28)25(23,22(31)32)19(14-29)16-7-6-10-18(13-16)34-17-8-4-3-5-9-17/h3-13,19-20H,15H2,1-2H3,(H,31,32)/b12-11-/t19-,20-,25+/m0/s1. The average Bonchev–Trinajstić information content (AvgIpc) is 3.27. The summed E-state index contributed by atoms with van der Waals surface area (Å²) >= 11 is 0. The number of halogens is 3. The van der Waals surface area contributed by atoms with Crippen molar-refractivity contribution in [3.8, 4) is 17.6 Å². The number of para-hydroxylation sites is 1. The number of nitrogens with zero attached hydrogens (tertiary/aromatic N) is 1.